The van der Waals surface area contributed by atoms with Crippen LogP contribution < -0.4 is 0 Å². The van der Waals surface area contributed by atoms with Crippen LogP contribution in [0.15, 0.2) is 0 Å². The van der Waals surface area contributed by atoms with Gasteiger partial charge in [0.15, 0.2) is 0 Å². The van der Waals surface area contributed by atoms with E-state index < -0.39 is 5.97 Å². The Morgan fingerprint density at radius 2 is 0.789 bits per heavy atom. The van der Waals surface area contributed by atoms with E-state index in [0.29, 0.717) is 6.42 Å². The van der Waals surface area contributed by atoms with E-state index in [1.54, 1.807) is 0 Å². The number of carbonyl (C=O) groups is 2. The van der Waals surface area contributed by atoms with Gasteiger partial charge in [0, 0.05) is 12.8 Å². The fourth-order valence-corrected chi connectivity index (χ4v) is 5.30. The van der Waals surface area contributed by atoms with Crippen LogP contribution in [-0.4, -0.2) is 23.1 Å². The van der Waals surface area contributed by atoms with Crippen LogP contribution in [-0.2, 0) is 14.3 Å². The average Bonchev–Trinajstić information content (AvgIpc) is 2.89. The van der Waals surface area contributed by atoms with Crippen LogP contribution in [0, 0.1) is 0 Å². The molecule has 0 amide bonds. The van der Waals surface area contributed by atoms with Gasteiger partial charge in [0.25, 0.3) is 0 Å². The summed E-state index contributed by atoms with van der Waals surface area (Å²) in [7, 11) is 0. The molecule has 0 rings (SSSR count). The lowest BCUT2D eigenvalue weighted by atomic mass is 10.0. The SMILES string of the molecule is CCCCCCCCCCCCCCCCC(CCCCCCCC(=O)O)OC(=O)CCCCCCCC. The van der Waals surface area contributed by atoms with Gasteiger partial charge in [-0.15, -0.1) is 0 Å². The molecule has 0 aliphatic heterocycles. The minimum Gasteiger partial charge on any atom is -0.481 e. The first-order valence-electron chi connectivity index (χ1n) is 17.0. The van der Waals surface area contributed by atoms with Crippen molar-refractivity contribution in [2.75, 3.05) is 0 Å². The molecule has 1 N–H and O–H groups in total. The number of hydrogen-bond acceptors (Lipinski definition) is 3. The van der Waals surface area contributed by atoms with Crippen molar-refractivity contribution in [3.63, 3.8) is 0 Å². The Morgan fingerprint density at radius 3 is 1.16 bits per heavy atom. The Balaban J connectivity index is 3.97. The number of carboxylic acids is 1. The lowest BCUT2D eigenvalue weighted by Gasteiger charge is -2.18. The number of rotatable bonds is 31. The second-order valence-electron chi connectivity index (χ2n) is 11.7. The van der Waals surface area contributed by atoms with E-state index in [2.05, 4.69) is 13.8 Å². The Labute approximate surface area is 237 Å². The van der Waals surface area contributed by atoms with Crippen LogP contribution >= 0.6 is 0 Å². The van der Waals surface area contributed by atoms with Crippen molar-refractivity contribution >= 4 is 11.9 Å². The molecule has 0 bridgehead atoms. The van der Waals surface area contributed by atoms with Crippen LogP contribution in [0.2, 0.25) is 0 Å². The van der Waals surface area contributed by atoms with Crippen molar-refractivity contribution in [2.45, 2.75) is 206 Å². The average molecular weight is 539 g/mol. The van der Waals surface area contributed by atoms with Crippen molar-refractivity contribution in [3.05, 3.63) is 0 Å². The number of aliphatic carboxylic acids is 1. The smallest absolute Gasteiger partial charge is 0.306 e. The van der Waals surface area contributed by atoms with Crippen LogP contribution in [0.5, 0.6) is 0 Å². The van der Waals surface area contributed by atoms with Crippen molar-refractivity contribution < 1.29 is 19.4 Å². The zero-order valence-corrected chi connectivity index (χ0v) is 25.8. The maximum absolute atomic E-state index is 12.5. The van der Waals surface area contributed by atoms with E-state index in [-0.39, 0.29) is 18.5 Å². The summed E-state index contributed by atoms with van der Waals surface area (Å²) < 4.78 is 5.93. The molecule has 1 atom stereocenters. The molecule has 0 saturated carbocycles. The molecule has 4 heteroatoms. The molecule has 0 aliphatic rings. The summed E-state index contributed by atoms with van der Waals surface area (Å²) in [6.45, 7) is 4.51. The Bertz CT molecular complexity index is 505. The highest BCUT2D eigenvalue weighted by Gasteiger charge is 2.14. The molecule has 38 heavy (non-hydrogen) atoms. The molecule has 226 valence electrons. The second-order valence-corrected chi connectivity index (χ2v) is 11.7. The van der Waals surface area contributed by atoms with Crippen molar-refractivity contribution in [1.29, 1.82) is 0 Å². The summed E-state index contributed by atoms with van der Waals surface area (Å²) in [6.07, 6.45) is 34.1. The van der Waals surface area contributed by atoms with E-state index >= 15 is 0 Å². The number of unbranched alkanes of at least 4 members (excludes halogenated alkanes) is 22. The zero-order valence-electron chi connectivity index (χ0n) is 25.8. The topological polar surface area (TPSA) is 63.6 Å². The molecule has 0 saturated heterocycles. The third kappa shape index (κ3) is 29.5. The minimum atomic E-state index is -0.699. The van der Waals surface area contributed by atoms with Gasteiger partial charge in [0.1, 0.15) is 6.10 Å². The predicted molar refractivity (Wildman–Crippen MR) is 163 cm³/mol. The monoisotopic (exact) mass is 538 g/mol. The highest BCUT2D eigenvalue weighted by atomic mass is 16.5. The van der Waals surface area contributed by atoms with Crippen LogP contribution in [0.1, 0.15) is 200 Å². The van der Waals surface area contributed by atoms with Crippen molar-refractivity contribution in [2.24, 2.45) is 0 Å². The number of hydrogen-bond donors (Lipinski definition) is 1. The molecule has 0 fully saturated rings. The molecule has 0 aromatic rings. The van der Waals surface area contributed by atoms with Gasteiger partial charge in [0.05, 0.1) is 0 Å². The van der Waals surface area contributed by atoms with Crippen molar-refractivity contribution in [3.8, 4) is 0 Å². The van der Waals surface area contributed by atoms with Crippen LogP contribution in [0.3, 0.4) is 0 Å². The largest absolute Gasteiger partial charge is 0.481 e. The van der Waals surface area contributed by atoms with Gasteiger partial charge < -0.3 is 9.84 Å². The van der Waals surface area contributed by atoms with E-state index in [1.807, 2.05) is 0 Å². The van der Waals surface area contributed by atoms with Gasteiger partial charge in [0.2, 0.25) is 0 Å². The number of carbonyl (C=O) groups excluding carboxylic acids is 1. The fraction of sp³-hybridized carbons (Fsp3) is 0.941. The Kier molecular flexibility index (Phi) is 29.6. The quantitative estimate of drug-likeness (QED) is 0.0704. The third-order valence-corrected chi connectivity index (χ3v) is 7.83. The van der Waals surface area contributed by atoms with Gasteiger partial charge in [-0.2, -0.15) is 0 Å². The van der Waals surface area contributed by atoms with Crippen molar-refractivity contribution in [1.82, 2.24) is 0 Å². The third-order valence-electron chi connectivity index (χ3n) is 7.83. The molecule has 0 aromatic heterocycles. The summed E-state index contributed by atoms with van der Waals surface area (Å²) in [5, 5.41) is 8.76. The summed E-state index contributed by atoms with van der Waals surface area (Å²) >= 11 is 0. The van der Waals surface area contributed by atoms with Gasteiger partial charge in [-0.1, -0.05) is 149 Å². The Hall–Kier alpha value is -1.06. The lowest BCUT2D eigenvalue weighted by Crippen LogP contribution is -2.18. The standard InChI is InChI=1S/C34H66O4/c1-3-5-7-9-11-12-13-14-15-16-17-18-20-24-28-32(29-25-21-19-22-26-30-33(35)36)38-34(37)31-27-23-10-8-6-4-2/h32H,3-31H2,1-2H3,(H,35,36). The first-order chi connectivity index (χ1) is 18.6. The molecule has 0 spiro atoms. The highest BCUT2D eigenvalue weighted by molar-refractivity contribution is 5.69. The molecule has 0 heterocycles. The highest BCUT2D eigenvalue weighted by Crippen LogP contribution is 2.19. The summed E-state index contributed by atoms with van der Waals surface area (Å²) in [4.78, 5) is 23.1. The number of ether oxygens (including phenoxy) is 1. The maximum atomic E-state index is 12.5. The first-order valence-corrected chi connectivity index (χ1v) is 17.0. The van der Waals surface area contributed by atoms with Gasteiger partial charge in [-0.25, -0.2) is 0 Å². The summed E-state index contributed by atoms with van der Waals surface area (Å²) in [6, 6.07) is 0. The van der Waals surface area contributed by atoms with Crippen LogP contribution in [0.25, 0.3) is 0 Å². The fourth-order valence-electron chi connectivity index (χ4n) is 5.30. The normalized spacial score (nSPS) is 12.1. The molecular weight excluding hydrogens is 472 g/mol. The van der Waals surface area contributed by atoms with Gasteiger partial charge in [-0.05, 0) is 38.5 Å². The van der Waals surface area contributed by atoms with Crippen LogP contribution in [0.4, 0.5) is 0 Å². The van der Waals surface area contributed by atoms with E-state index in [9.17, 15) is 9.59 Å². The molecule has 4 nitrogen and oxygen atoms in total. The summed E-state index contributed by atoms with van der Waals surface area (Å²) in [5.74, 6) is -0.701. The summed E-state index contributed by atoms with van der Waals surface area (Å²) in [5.41, 5.74) is 0. The lowest BCUT2D eigenvalue weighted by molar-refractivity contribution is -0.150. The zero-order chi connectivity index (χ0) is 27.9. The molecular formula is C34H66O4. The number of carboxylic acid groups (broad SMARTS) is 1. The number of esters is 1. The molecule has 1 unspecified atom stereocenters. The van der Waals surface area contributed by atoms with E-state index in [1.165, 1.54) is 109 Å². The van der Waals surface area contributed by atoms with E-state index in [4.69, 9.17) is 9.84 Å². The second kappa shape index (κ2) is 30.5. The van der Waals surface area contributed by atoms with Gasteiger partial charge in [-0.3, -0.25) is 9.59 Å². The van der Waals surface area contributed by atoms with Gasteiger partial charge >= 0.3 is 11.9 Å². The van der Waals surface area contributed by atoms with E-state index in [0.717, 1.165) is 64.2 Å². The predicted octanol–water partition coefficient (Wildman–Crippen LogP) is 11.3. The maximum Gasteiger partial charge on any atom is 0.306 e. The Morgan fingerprint density at radius 1 is 0.474 bits per heavy atom. The molecule has 0 aliphatic carbocycles. The minimum absolute atomic E-state index is 0.00249. The molecule has 0 radical (unpaired) electrons. The molecule has 0 aromatic carbocycles. The first kappa shape index (κ1) is 36.9.